The summed E-state index contributed by atoms with van der Waals surface area (Å²) in [7, 11) is 0. The van der Waals surface area contributed by atoms with Gasteiger partial charge >= 0.3 is 0 Å². The number of imidazole rings is 1. The van der Waals surface area contributed by atoms with Gasteiger partial charge < -0.3 is 10.4 Å². The first-order valence-electron chi connectivity index (χ1n) is 7.54. The lowest BCUT2D eigenvalue weighted by atomic mass is 9.90. The molecule has 0 radical (unpaired) electrons. The minimum absolute atomic E-state index is 0.0605. The molecule has 3 aromatic rings. The second-order valence-electron chi connectivity index (χ2n) is 5.72. The number of nitrogens with zero attached hydrogens (tertiary/aromatic N) is 2. The Morgan fingerprint density at radius 2 is 2.00 bits per heavy atom. The Bertz CT molecular complexity index is 918. The number of fused-ring (bicyclic) bond motifs is 1. The molecule has 5 nitrogen and oxygen atoms in total. The van der Waals surface area contributed by atoms with Crippen molar-refractivity contribution in [3.05, 3.63) is 70.6 Å². The molecule has 2 N–H and O–H groups in total. The summed E-state index contributed by atoms with van der Waals surface area (Å²) in [4.78, 5) is 16.7. The third kappa shape index (κ3) is 2.59. The smallest absolute Gasteiger partial charge is 0.226 e. The normalized spacial score (nSPS) is 16.5. The molecule has 0 fully saturated rings. The van der Waals surface area contributed by atoms with Gasteiger partial charge in [0.2, 0.25) is 5.91 Å². The molecule has 1 atom stereocenters. The third-order valence-electron chi connectivity index (χ3n) is 4.15. The van der Waals surface area contributed by atoms with Crippen LogP contribution in [0.4, 0.5) is 5.82 Å². The summed E-state index contributed by atoms with van der Waals surface area (Å²) >= 11 is 3.42. The number of aromatic hydroxyl groups is 1. The van der Waals surface area contributed by atoms with Crippen LogP contribution in [0.2, 0.25) is 0 Å². The second-order valence-corrected chi connectivity index (χ2v) is 6.64. The molecule has 24 heavy (non-hydrogen) atoms. The molecule has 0 unspecified atom stereocenters. The Morgan fingerprint density at radius 1 is 1.21 bits per heavy atom. The molecular formula is C18H14BrN3O2. The van der Waals surface area contributed by atoms with Crippen LogP contribution in [0.25, 0.3) is 5.69 Å². The van der Waals surface area contributed by atoms with E-state index in [1.807, 2.05) is 34.9 Å². The fourth-order valence-corrected chi connectivity index (χ4v) is 3.29. The summed E-state index contributed by atoms with van der Waals surface area (Å²) < 4.78 is 2.86. The largest absolute Gasteiger partial charge is 0.508 e. The van der Waals surface area contributed by atoms with Crippen LogP contribution in [0.1, 0.15) is 23.6 Å². The van der Waals surface area contributed by atoms with Crippen molar-refractivity contribution in [3.8, 4) is 11.4 Å². The van der Waals surface area contributed by atoms with E-state index in [1.165, 1.54) is 0 Å². The lowest BCUT2D eigenvalue weighted by Gasteiger charge is -2.23. The van der Waals surface area contributed by atoms with E-state index in [0.717, 1.165) is 21.4 Å². The second kappa shape index (κ2) is 5.79. The standard InChI is InChI=1S/C18H14BrN3O2/c19-12-4-6-13(7-5-12)22-10-20-17-15(9-16(24)21-18(17)22)11-2-1-3-14(23)8-11/h1-8,10,15,23H,9H2,(H,21,24)/t15-/m1/s1. The van der Waals surface area contributed by atoms with E-state index >= 15 is 0 Å². The van der Waals surface area contributed by atoms with Crippen LogP contribution in [-0.2, 0) is 4.79 Å². The lowest BCUT2D eigenvalue weighted by Crippen LogP contribution is -2.24. The maximum absolute atomic E-state index is 12.2. The molecule has 2 aromatic carbocycles. The van der Waals surface area contributed by atoms with Gasteiger partial charge in [-0.25, -0.2) is 4.98 Å². The number of phenols is 1. The van der Waals surface area contributed by atoms with E-state index in [0.29, 0.717) is 12.2 Å². The Morgan fingerprint density at radius 3 is 2.75 bits per heavy atom. The Hall–Kier alpha value is -2.60. The Kier molecular flexibility index (Phi) is 3.61. The summed E-state index contributed by atoms with van der Waals surface area (Å²) in [5.74, 6) is 0.640. The number of nitrogens with one attached hydrogen (secondary N) is 1. The van der Waals surface area contributed by atoms with Crippen molar-refractivity contribution in [2.24, 2.45) is 0 Å². The van der Waals surface area contributed by atoms with E-state index in [4.69, 9.17) is 0 Å². The van der Waals surface area contributed by atoms with Crippen LogP contribution in [-0.4, -0.2) is 20.6 Å². The number of aromatic nitrogens is 2. The third-order valence-corrected chi connectivity index (χ3v) is 4.68. The number of rotatable bonds is 2. The molecule has 0 saturated carbocycles. The van der Waals surface area contributed by atoms with Gasteiger partial charge in [0.05, 0.1) is 5.69 Å². The summed E-state index contributed by atoms with van der Waals surface area (Å²) in [5, 5.41) is 12.7. The minimum Gasteiger partial charge on any atom is -0.508 e. The molecule has 4 rings (SSSR count). The van der Waals surface area contributed by atoms with E-state index in [9.17, 15) is 9.90 Å². The first-order valence-corrected chi connectivity index (χ1v) is 8.33. The van der Waals surface area contributed by atoms with Crippen molar-refractivity contribution in [1.82, 2.24) is 9.55 Å². The number of benzene rings is 2. The maximum atomic E-state index is 12.2. The molecule has 6 heteroatoms. The highest BCUT2D eigenvalue weighted by Gasteiger charge is 2.31. The number of halogens is 1. The SMILES string of the molecule is O=C1C[C@H](c2cccc(O)c2)c2ncn(-c3ccc(Br)cc3)c2N1. The lowest BCUT2D eigenvalue weighted by molar-refractivity contribution is -0.116. The van der Waals surface area contributed by atoms with Gasteiger partial charge in [0.25, 0.3) is 0 Å². The molecule has 1 aliphatic heterocycles. The number of anilines is 1. The van der Waals surface area contributed by atoms with Crippen LogP contribution < -0.4 is 5.32 Å². The average Bonchev–Trinajstić information content (AvgIpc) is 2.98. The molecule has 0 bridgehead atoms. The fraction of sp³-hybridized carbons (Fsp3) is 0.111. The van der Waals surface area contributed by atoms with Crippen LogP contribution in [0.5, 0.6) is 5.75 Å². The van der Waals surface area contributed by atoms with Gasteiger partial charge in [-0.1, -0.05) is 28.1 Å². The van der Waals surface area contributed by atoms with Gasteiger partial charge in [-0.3, -0.25) is 9.36 Å². The molecule has 2 heterocycles. The quantitative estimate of drug-likeness (QED) is 0.706. The molecule has 1 aliphatic rings. The van der Waals surface area contributed by atoms with Gasteiger partial charge in [0.15, 0.2) is 0 Å². The zero-order valence-corrected chi connectivity index (χ0v) is 14.2. The number of hydrogen-bond acceptors (Lipinski definition) is 3. The molecule has 0 saturated heterocycles. The Labute approximate surface area is 147 Å². The van der Waals surface area contributed by atoms with Gasteiger partial charge in [-0.15, -0.1) is 0 Å². The number of phenolic OH excluding ortho intramolecular Hbond substituents is 1. The van der Waals surface area contributed by atoms with Gasteiger partial charge in [-0.2, -0.15) is 0 Å². The fourth-order valence-electron chi connectivity index (χ4n) is 3.02. The predicted octanol–water partition coefficient (Wildman–Crippen LogP) is 3.81. The van der Waals surface area contributed by atoms with Crippen LogP contribution in [0.15, 0.2) is 59.3 Å². The molecular weight excluding hydrogens is 370 g/mol. The monoisotopic (exact) mass is 383 g/mol. The molecule has 1 aromatic heterocycles. The maximum Gasteiger partial charge on any atom is 0.226 e. The van der Waals surface area contributed by atoms with E-state index in [-0.39, 0.29) is 17.6 Å². The first kappa shape index (κ1) is 15.0. The topological polar surface area (TPSA) is 67.1 Å². The summed E-state index contributed by atoms with van der Waals surface area (Å²) in [6.45, 7) is 0. The summed E-state index contributed by atoms with van der Waals surface area (Å²) in [6.07, 6.45) is 2.03. The van der Waals surface area contributed by atoms with Crippen molar-refractivity contribution in [2.75, 3.05) is 5.32 Å². The number of hydrogen-bond donors (Lipinski definition) is 2. The molecule has 0 aliphatic carbocycles. The summed E-state index contributed by atoms with van der Waals surface area (Å²) in [6, 6.07) is 14.8. The first-order chi connectivity index (χ1) is 11.6. The van der Waals surface area contributed by atoms with E-state index < -0.39 is 0 Å². The Balaban J connectivity index is 1.81. The predicted molar refractivity (Wildman–Crippen MR) is 94.5 cm³/mol. The van der Waals surface area contributed by atoms with E-state index in [2.05, 4.69) is 26.2 Å². The zero-order valence-electron chi connectivity index (χ0n) is 12.6. The minimum atomic E-state index is -0.169. The van der Waals surface area contributed by atoms with E-state index in [1.54, 1.807) is 24.5 Å². The van der Waals surface area contributed by atoms with Crippen LogP contribution in [0.3, 0.4) is 0 Å². The van der Waals surface area contributed by atoms with Crippen molar-refractivity contribution < 1.29 is 9.90 Å². The van der Waals surface area contributed by atoms with Crippen molar-refractivity contribution in [3.63, 3.8) is 0 Å². The highest BCUT2D eigenvalue weighted by atomic mass is 79.9. The number of carbonyl (C=O) groups excluding carboxylic acids is 1. The number of carbonyl (C=O) groups is 1. The van der Waals surface area contributed by atoms with Gasteiger partial charge in [0, 0.05) is 22.5 Å². The highest BCUT2D eigenvalue weighted by molar-refractivity contribution is 9.10. The van der Waals surface area contributed by atoms with Crippen molar-refractivity contribution in [1.29, 1.82) is 0 Å². The molecule has 1 amide bonds. The van der Waals surface area contributed by atoms with Crippen molar-refractivity contribution in [2.45, 2.75) is 12.3 Å². The van der Waals surface area contributed by atoms with Crippen molar-refractivity contribution >= 4 is 27.7 Å². The van der Waals surface area contributed by atoms with Gasteiger partial charge in [0.1, 0.15) is 17.9 Å². The molecule has 120 valence electrons. The van der Waals surface area contributed by atoms with Crippen LogP contribution in [0, 0.1) is 0 Å². The highest BCUT2D eigenvalue weighted by Crippen LogP contribution is 2.38. The molecule has 0 spiro atoms. The van der Waals surface area contributed by atoms with Gasteiger partial charge in [-0.05, 0) is 42.0 Å². The average molecular weight is 384 g/mol. The van der Waals surface area contributed by atoms with Crippen LogP contribution >= 0.6 is 15.9 Å². The zero-order chi connectivity index (χ0) is 16.7. The number of amides is 1. The summed E-state index contributed by atoms with van der Waals surface area (Å²) in [5.41, 5.74) is 2.61.